The van der Waals surface area contributed by atoms with Gasteiger partial charge in [0.1, 0.15) is 11.9 Å². The Morgan fingerprint density at radius 2 is 1.95 bits per heavy atom. The van der Waals surface area contributed by atoms with E-state index >= 15 is 0 Å². The number of anilines is 1. The fourth-order valence-corrected chi connectivity index (χ4v) is 2.76. The summed E-state index contributed by atoms with van der Waals surface area (Å²) in [6.07, 6.45) is -4.37. The van der Waals surface area contributed by atoms with Crippen LogP contribution in [0.15, 0.2) is 17.0 Å². The lowest BCUT2D eigenvalue weighted by Crippen LogP contribution is -2.31. The molecule has 1 N–H and O–H groups in total. The number of thioether (sulfide) groups is 1. The molecule has 1 aliphatic heterocycles. The van der Waals surface area contributed by atoms with Crippen molar-refractivity contribution in [2.24, 2.45) is 0 Å². The summed E-state index contributed by atoms with van der Waals surface area (Å²) in [5, 5.41) is 2.32. The highest BCUT2D eigenvalue weighted by Gasteiger charge is 2.38. The number of nitrogens with one attached hydrogen (secondary N) is 1. The number of carbonyl (C=O) groups is 2. The number of urea groups is 1. The molecule has 3 amide bonds. The average Bonchev–Trinajstić information content (AvgIpc) is 2.62. The van der Waals surface area contributed by atoms with Gasteiger partial charge in [-0.25, -0.2) is 14.1 Å². The number of rotatable bonds is 3. The van der Waals surface area contributed by atoms with Crippen molar-refractivity contribution < 1.29 is 27.2 Å². The van der Waals surface area contributed by atoms with Gasteiger partial charge in [-0.3, -0.25) is 4.79 Å². The first kappa shape index (κ1) is 16.6. The summed E-state index contributed by atoms with van der Waals surface area (Å²) in [5.74, 6) is -2.64. The molecule has 1 aliphatic rings. The van der Waals surface area contributed by atoms with Crippen LogP contribution in [0.3, 0.4) is 0 Å². The van der Waals surface area contributed by atoms with Crippen LogP contribution in [-0.2, 0) is 4.79 Å². The fraction of sp³-hybridized carbons (Fsp3) is 0.385. The molecule has 0 radical (unpaired) electrons. The molecule has 1 aromatic carbocycles. The van der Waals surface area contributed by atoms with Crippen molar-refractivity contribution >= 4 is 29.4 Å². The number of imide groups is 1. The molecule has 2 rings (SSSR count). The largest absolute Gasteiger partial charge is 0.398 e. The second kappa shape index (κ2) is 5.79. The van der Waals surface area contributed by atoms with Crippen LogP contribution in [0.5, 0.6) is 0 Å². The van der Waals surface area contributed by atoms with E-state index in [0.717, 1.165) is 12.1 Å². The first-order chi connectivity index (χ1) is 10.1. The smallest absolute Gasteiger partial charge is 0.326 e. The molecule has 1 unspecified atom stereocenters. The van der Waals surface area contributed by atoms with Crippen LogP contribution in [0, 0.1) is 12.7 Å². The zero-order valence-corrected chi connectivity index (χ0v) is 12.4. The van der Waals surface area contributed by atoms with E-state index in [0.29, 0.717) is 22.2 Å². The predicted octanol–water partition coefficient (Wildman–Crippen LogP) is 3.23. The van der Waals surface area contributed by atoms with E-state index in [-0.39, 0.29) is 10.6 Å². The lowest BCUT2D eigenvalue weighted by molar-refractivity contribution is -0.118. The minimum absolute atomic E-state index is 0.161. The van der Waals surface area contributed by atoms with E-state index in [9.17, 15) is 27.2 Å². The van der Waals surface area contributed by atoms with Gasteiger partial charge in [0, 0.05) is 4.90 Å². The zero-order valence-electron chi connectivity index (χ0n) is 11.6. The Bertz CT molecular complexity index is 633. The van der Waals surface area contributed by atoms with Gasteiger partial charge in [0.15, 0.2) is 0 Å². The quantitative estimate of drug-likeness (QED) is 0.524. The molecule has 9 heteroatoms. The molecule has 1 heterocycles. The summed E-state index contributed by atoms with van der Waals surface area (Å²) in [4.78, 5) is 24.3. The van der Waals surface area contributed by atoms with Crippen LogP contribution in [0.25, 0.3) is 0 Å². The van der Waals surface area contributed by atoms with Gasteiger partial charge < -0.3 is 5.32 Å². The minimum Gasteiger partial charge on any atom is -0.326 e. The normalized spacial score (nSPS) is 18.8. The lowest BCUT2D eigenvalue weighted by Gasteiger charge is -2.16. The molecular formula is C13H12F4N2O2S. The molecule has 0 saturated carbocycles. The number of carbonyl (C=O) groups excluding carboxylic acids is 2. The van der Waals surface area contributed by atoms with Crippen molar-refractivity contribution in [2.75, 3.05) is 10.7 Å². The Hall–Kier alpha value is -1.77. The highest BCUT2D eigenvalue weighted by Crippen LogP contribution is 2.34. The number of aryl methyl sites for hydroxylation is 1. The Balaban J connectivity index is 2.36. The van der Waals surface area contributed by atoms with Crippen molar-refractivity contribution in [1.29, 1.82) is 0 Å². The van der Waals surface area contributed by atoms with Gasteiger partial charge in [0.25, 0.3) is 5.91 Å². The molecule has 22 heavy (non-hydrogen) atoms. The number of nitrogens with zero attached hydrogens (tertiary/aromatic N) is 1. The maximum Gasteiger partial charge on any atom is 0.398 e. The summed E-state index contributed by atoms with van der Waals surface area (Å²) in [7, 11) is 0. The van der Waals surface area contributed by atoms with Gasteiger partial charge in [-0.2, -0.15) is 13.2 Å². The zero-order chi connectivity index (χ0) is 16.7. The molecule has 0 spiro atoms. The number of halogens is 4. The number of hydrogen-bond donors (Lipinski definition) is 1. The standard InChI is InChI=1S/C13H12F4N2O2S/c1-6-3-8(14)9(4-10(6)22-5-13(15,16)17)19-11(20)7(2)18-12(19)21/h3-4,7H,5H2,1-2H3,(H,18,21). The van der Waals surface area contributed by atoms with E-state index in [1.165, 1.54) is 13.8 Å². The summed E-state index contributed by atoms with van der Waals surface area (Å²) < 4.78 is 50.9. The Morgan fingerprint density at radius 3 is 2.45 bits per heavy atom. The summed E-state index contributed by atoms with van der Waals surface area (Å²) in [6, 6.07) is 0.500. The van der Waals surface area contributed by atoms with Gasteiger partial charge in [-0.15, -0.1) is 11.8 Å². The highest BCUT2D eigenvalue weighted by atomic mass is 32.2. The van der Waals surface area contributed by atoms with Crippen LogP contribution in [0.1, 0.15) is 12.5 Å². The van der Waals surface area contributed by atoms with Crippen molar-refractivity contribution in [3.8, 4) is 0 Å². The van der Waals surface area contributed by atoms with Gasteiger partial charge in [-0.05, 0) is 31.5 Å². The van der Waals surface area contributed by atoms with Crippen LogP contribution >= 0.6 is 11.8 Å². The van der Waals surface area contributed by atoms with Crippen molar-refractivity contribution in [3.63, 3.8) is 0 Å². The van der Waals surface area contributed by atoms with E-state index in [4.69, 9.17) is 0 Å². The van der Waals surface area contributed by atoms with Crippen molar-refractivity contribution in [3.05, 3.63) is 23.5 Å². The van der Waals surface area contributed by atoms with Gasteiger partial charge in [0.2, 0.25) is 0 Å². The fourth-order valence-electron chi connectivity index (χ4n) is 1.96. The molecular weight excluding hydrogens is 324 g/mol. The summed E-state index contributed by atoms with van der Waals surface area (Å²) >= 11 is 0.478. The number of alkyl halides is 3. The first-order valence-corrected chi connectivity index (χ1v) is 7.23. The van der Waals surface area contributed by atoms with E-state index in [1.54, 1.807) is 0 Å². The molecule has 1 fully saturated rings. The topological polar surface area (TPSA) is 49.4 Å². The van der Waals surface area contributed by atoms with E-state index in [2.05, 4.69) is 5.32 Å². The number of benzene rings is 1. The predicted molar refractivity (Wildman–Crippen MR) is 73.4 cm³/mol. The van der Waals surface area contributed by atoms with Crippen LogP contribution in [0.2, 0.25) is 0 Å². The number of amides is 3. The SMILES string of the molecule is Cc1cc(F)c(N2C(=O)NC(C)C2=O)cc1SCC(F)(F)F. The molecule has 120 valence electrons. The average molecular weight is 336 g/mol. The molecule has 4 nitrogen and oxygen atoms in total. The molecule has 0 aromatic heterocycles. The first-order valence-electron chi connectivity index (χ1n) is 6.24. The summed E-state index contributed by atoms with van der Waals surface area (Å²) in [6.45, 7) is 2.89. The Morgan fingerprint density at radius 1 is 1.32 bits per heavy atom. The summed E-state index contributed by atoms with van der Waals surface area (Å²) in [5.41, 5.74) is -0.0438. The van der Waals surface area contributed by atoms with Crippen molar-refractivity contribution in [1.82, 2.24) is 5.32 Å². The molecule has 1 atom stereocenters. The van der Waals surface area contributed by atoms with Crippen molar-refractivity contribution in [2.45, 2.75) is 31.0 Å². The Kier molecular flexibility index (Phi) is 4.37. The molecule has 1 aromatic rings. The molecule has 0 bridgehead atoms. The van der Waals surface area contributed by atoms with Crippen LogP contribution in [-0.4, -0.2) is 29.9 Å². The van der Waals surface area contributed by atoms with E-state index < -0.39 is 35.7 Å². The monoisotopic (exact) mass is 336 g/mol. The maximum absolute atomic E-state index is 14.0. The van der Waals surface area contributed by atoms with Crippen LogP contribution < -0.4 is 10.2 Å². The maximum atomic E-state index is 14.0. The van der Waals surface area contributed by atoms with Crippen LogP contribution in [0.4, 0.5) is 28.0 Å². The number of hydrogen-bond acceptors (Lipinski definition) is 3. The van der Waals surface area contributed by atoms with Gasteiger partial charge >= 0.3 is 12.2 Å². The third-order valence-corrected chi connectivity index (χ3v) is 4.23. The lowest BCUT2D eigenvalue weighted by atomic mass is 10.2. The third kappa shape index (κ3) is 3.34. The van der Waals surface area contributed by atoms with Gasteiger partial charge in [0.05, 0.1) is 11.4 Å². The highest BCUT2D eigenvalue weighted by molar-refractivity contribution is 7.99. The minimum atomic E-state index is -4.37. The second-order valence-corrected chi connectivity index (χ2v) is 5.83. The second-order valence-electron chi connectivity index (χ2n) is 4.82. The third-order valence-electron chi connectivity index (χ3n) is 3.01. The molecule has 0 aliphatic carbocycles. The van der Waals surface area contributed by atoms with E-state index in [1.807, 2.05) is 0 Å². The molecule has 1 saturated heterocycles. The Labute approximate surface area is 127 Å². The van der Waals surface area contributed by atoms with Gasteiger partial charge in [-0.1, -0.05) is 0 Å².